The topological polar surface area (TPSA) is 55.1 Å². The van der Waals surface area contributed by atoms with Crippen molar-refractivity contribution in [3.05, 3.63) is 16.9 Å². The largest absolute Gasteiger partial charge is 0.385 e. The summed E-state index contributed by atoms with van der Waals surface area (Å²) in [5.74, 6) is -0.232. The van der Waals surface area contributed by atoms with Gasteiger partial charge in [-0.25, -0.2) is 0 Å². The van der Waals surface area contributed by atoms with E-state index in [2.05, 4.69) is 5.10 Å². The van der Waals surface area contributed by atoms with Crippen LogP contribution in [-0.4, -0.2) is 26.8 Å². The summed E-state index contributed by atoms with van der Waals surface area (Å²) in [5.41, 5.74) is 0.310. The normalized spacial score (nSPS) is 19.2. The summed E-state index contributed by atoms with van der Waals surface area (Å²) >= 11 is 5.91. The predicted molar refractivity (Wildman–Crippen MR) is 65.1 cm³/mol. The number of carbonyl (C=O) groups excluding carboxylic acids is 1. The maximum atomic E-state index is 12.2. The predicted octanol–water partition coefficient (Wildman–Crippen LogP) is 2.20. The molecule has 1 saturated carbocycles. The van der Waals surface area contributed by atoms with Gasteiger partial charge in [0.1, 0.15) is 11.8 Å². The molecule has 1 aromatic rings. The molecule has 5 heteroatoms. The molecule has 1 aliphatic rings. The van der Waals surface area contributed by atoms with Gasteiger partial charge in [-0.3, -0.25) is 9.48 Å². The Morgan fingerprint density at radius 2 is 2.18 bits per heavy atom. The van der Waals surface area contributed by atoms with Crippen molar-refractivity contribution < 1.29 is 9.90 Å². The first-order chi connectivity index (χ1) is 8.11. The molecule has 1 aromatic heterocycles. The fourth-order valence-corrected chi connectivity index (χ4v) is 2.75. The third-order valence-electron chi connectivity index (χ3n) is 3.49. The van der Waals surface area contributed by atoms with Crippen molar-refractivity contribution in [2.24, 2.45) is 13.0 Å². The number of ketones is 1. The molecule has 1 atom stereocenters. The lowest BCUT2D eigenvalue weighted by molar-refractivity contribution is 0.0525. The van der Waals surface area contributed by atoms with Crippen LogP contribution in [0.15, 0.2) is 6.20 Å². The second-order valence-corrected chi connectivity index (χ2v) is 5.08. The van der Waals surface area contributed by atoms with Gasteiger partial charge < -0.3 is 5.11 Å². The summed E-state index contributed by atoms with van der Waals surface area (Å²) in [7, 11) is 1.66. The number of nitrogens with zero attached hydrogens (tertiary/aromatic N) is 2. The summed E-state index contributed by atoms with van der Waals surface area (Å²) in [4.78, 5) is 12.2. The van der Waals surface area contributed by atoms with Crippen molar-refractivity contribution in [3.8, 4) is 0 Å². The standard InChI is InChI=1S/C12H17ClN2O2/c1-15-10(9(13)7-14-15)12(17)11(16)8-5-3-2-4-6-8/h7-8,11,16H,2-6H2,1H3. The molecule has 1 unspecified atom stereocenters. The van der Waals surface area contributed by atoms with E-state index in [4.69, 9.17) is 11.6 Å². The van der Waals surface area contributed by atoms with Crippen LogP contribution < -0.4 is 0 Å². The third-order valence-corrected chi connectivity index (χ3v) is 3.77. The summed E-state index contributed by atoms with van der Waals surface area (Å²) in [5, 5.41) is 14.3. The van der Waals surface area contributed by atoms with Crippen LogP contribution in [0.3, 0.4) is 0 Å². The molecule has 0 bridgehead atoms. The van der Waals surface area contributed by atoms with Crippen molar-refractivity contribution in [2.75, 3.05) is 0 Å². The molecule has 2 rings (SSSR count). The molecule has 1 heterocycles. The Kier molecular flexibility index (Phi) is 3.84. The summed E-state index contributed by atoms with van der Waals surface area (Å²) in [6, 6.07) is 0. The van der Waals surface area contributed by atoms with Crippen molar-refractivity contribution in [1.29, 1.82) is 0 Å². The van der Waals surface area contributed by atoms with Crippen LogP contribution >= 0.6 is 11.6 Å². The van der Waals surface area contributed by atoms with Gasteiger partial charge in [-0.1, -0.05) is 30.9 Å². The first kappa shape index (κ1) is 12.6. The Hall–Kier alpha value is -0.870. The number of hydrogen-bond donors (Lipinski definition) is 1. The average Bonchev–Trinajstić information content (AvgIpc) is 2.68. The second-order valence-electron chi connectivity index (χ2n) is 4.67. The van der Waals surface area contributed by atoms with E-state index in [9.17, 15) is 9.90 Å². The van der Waals surface area contributed by atoms with Gasteiger partial charge in [-0.15, -0.1) is 0 Å². The Morgan fingerprint density at radius 1 is 1.53 bits per heavy atom. The number of aromatic nitrogens is 2. The molecule has 17 heavy (non-hydrogen) atoms. The van der Waals surface area contributed by atoms with Gasteiger partial charge in [0.25, 0.3) is 0 Å². The molecule has 94 valence electrons. The molecule has 0 spiro atoms. The molecule has 0 radical (unpaired) electrons. The van der Waals surface area contributed by atoms with E-state index in [0.29, 0.717) is 10.7 Å². The second kappa shape index (κ2) is 5.19. The highest BCUT2D eigenvalue weighted by molar-refractivity contribution is 6.33. The highest BCUT2D eigenvalue weighted by Crippen LogP contribution is 2.29. The molecular weight excluding hydrogens is 240 g/mol. The number of aliphatic hydroxyl groups excluding tert-OH is 1. The van der Waals surface area contributed by atoms with Gasteiger partial charge in [0.15, 0.2) is 0 Å². The lowest BCUT2D eigenvalue weighted by Crippen LogP contribution is -2.32. The Labute approximate surface area is 106 Å². The quantitative estimate of drug-likeness (QED) is 0.844. The maximum absolute atomic E-state index is 12.2. The zero-order valence-corrected chi connectivity index (χ0v) is 10.7. The van der Waals surface area contributed by atoms with E-state index in [0.717, 1.165) is 25.7 Å². The number of carbonyl (C=O) groups is 1. The van der Waals surface area contributed by atoms with Crippen LogP contribution in [0.2, 0.25) is 5.02 Å². The number of aryl methyl sites for hydroxylation is 1. The number of aliphatic hydroxyl groups is 1. The van der Waals surface area contributed by atoms with E-state index < -0.39 is 6.10 Å². The Morgan fingerprint density at radius 3 is 2.71 bits per heavy atom. The number of Topliss-reactive ketones (excluding diaryl/α,β-unsaturated/α-hetero) is 1. The molecule has 0 amide bonds. The van der Waals surface area contributed by atoms with E-state index in [1.54, 1.807) is 7.05 Å². The van der Waals surface area contributed by atoms with Crippen LogP contribution in [-0.2, 0) is 7.05 Å². The van der Waals surface area contributed by atoms with Gasteiger partial charge in [-0.2, -0.15) is 5.10 Å². The minimum Gasteiger partial charge on any atom is -0.385 e. The van der Waals surface area contributed by atoms with Crippen molar-refractivity contribution >= 4 is 17.4 Å². The lowest BCUT2D eigenvalue weighted by Gasteiger charge is -2.25. The minimum atomic E-state index is -0.941. The number of halogens is 1. The lowest BCUT2D eigenvalue weighted by atomic mass is 9.83. The molecule has 0 aromatic carbocycles. The monoisotopic (exact) mass is 256 g/mol. The smallest absolute Gasteiger partial charge is 0.211 e. The SMILES string of the molecule is Cn1ncc(Cl)c1C(=O)C(O)C1CCCCC1. The number of hydrogen-bond acceptors (Lipinski definition) is 3. The number of rotatable bonds is 3. The zero-order chi connectivity index (χ0) is 12.4. The summed E-state index contributed by atoms with van der Waals surface area (Å²) in [6.07, 6.45) is 5.71. The summed E-state index contributed by atoms with van der Waals surface area (Å²) < 4.78 is 1.43. The minimum absolute atomic E-state index is 0.0715. The molecule has 1 aliphatic carbocycles. The van der Waals surface area contributed by atoms with Crippen molar-refractivity contribution in [2.45, 2.75) is 38.2 Å². The van der Waals surface area contributed by atoms with E-state index >= 15 is 0 Å². The van der Waals surface area contributed by atoms with Crippen LogP contribution in [0.25, 0.3) is 0 Å². The average molecular weight is 257 g/mol. The molecule has 0 aliphatic heterocycles. The van der Waals surface area contributed by atoms with E-state index in [1.165, 1.54) is 17.3 Å². The maximum Gasteiger partial charge on any atom is 0.211 e. The fourth-order valence-electron chi connectivity index (χ4n) is 2.49. The molecule has 0 saturated heterocycles. The first-order valence-corrected chi connectivity index (χ1v) is 6.39. The van der Waals surface area contributed by atoms with Gasteiger partial charge >= 0.3 is 0 Å². The highest BCUT2D eigenvalue weighted by Gasteiger charge is 2.31. The van der Waals surface area contributed by atoms with Crippen molar-refractivity contribution in [1.82, 2.24) is 9.78 Å². The molecule has 1 N–H and O–H groups in total. The fraction of sp³-hybridized carbons (Fsp3) is 0.667. The van der Waals surface area contributed by atoms with Gasteiger partial charge in [0, 0.05) is 7.05 Å². The zero-order valence-electron chi connectivity index (χ0n) is 9.90. The third kappa shape index (κ3) is 2.53. The molecular formula is C12H17ClN2O2. The van der Waals surface area contributed by atoms with Crippen LogP contribution in [0.1, 0.15) is 42.6 Å². The Balaban J connectivity index is 2.14. The summed E-state index contributed by atoms with van der Waals surface area (Å²) in [6.45, 7) is 0. The highest BCUT2D eigenvalue weighted by atomic mass is 35.5. The van der Waals surface area contributed by atoms with Gasteiger partial charge in [0.05, 0.1) is 11.2 Å². The van der Waals surface area contributed by atoms with E-state index in [1.807, 2.05) is 0 Å². The van der Waals surface area contributed by atoms with Crippen LogP contribution in [0.5, 0.6) is 0 Å². The van der Waals surface area contributed by atoms with Crippen molar-refractivity contribution in [3.63, 3.8) is 0 Å². The van der Waals surface area contributed by atoms with Gasteiger partial charge in [0.2, 0.25) is 5.78 Å². The molecule has 1 fully saturated rings. The first-order valence-electron chi connectivity index (χ1n) is 6.01. The molecule has 4 nitrogen and oxygen atoms in total. The van der Waals surface area contributed by atoms with Gasteiger partial charge in [-0.05, 0) is 18.8 Å². The van der Waals surface area contributed by atoms with E-state index in [-0.39, 0.29) is 11.7 Å². The van der Waals surface area contributed by atoms with Crippen LogP contribution in [0, 0.1) is 5.92 Å². The van der Waals surface area contributed by atoms with Crippen LogP contribution in [0.4, 0.5) is 0 Å². The Bertz CT molecular complexity index is 391.